The van der Waals surface area contributed by atoms with Crippen molar-refractivity contribution in [1.82, 2.24) is 4.90 Å². The number of nitrogens with one attached hydrogen (secondary N) is 1. The number of piperidine rings is 1. The van der Waals surface area contributed by atoms with Gasteiger partial charge in [-0.3, -0.25) is 4.79 Å². The molecule has 1 aromatic rings. The third kappa shape index (κ3) is 3.73. The summed E-state index contributed by atoms with van der Waals surface area (Å²) >= 11 is 0. The Bertz CT molecular complexity index is 461. The van der Waals surface area contributed by atoms with Gasteiger partial charge in [-0.2, -0.15) is 0 Å². The molecule has 0 bridgehead atoms. The maximum Gasteiger partial charge on any atom is 0.322 e. The summed E-state index contributed by atoms with van der Waals surface area (Å²) in [7, 11) is 1.37. The maximum absolute atomic E-state index is 12.3. The zero-order chi connectivity index (χ0) is 14.4. The van der Waals surface area contributed by atoms with Gasteiger partial charge in [-0.05, 0) is 31.4 Å². The first-order valence-electron chi connectivity index (χ1n) is 6.90. The van der Waals surface area contributed by atoms with Crippen LogP contribution in [0.3, 0.4) is 0 Å². The lowest BCUT2D eigenvalue weighted by Crippen LogP contribution is -2.46. The number of nitrogens with zero attached hydrogens (tertiary/aromatic N) is 1. The number of rotatable bonds is 3. The van der Waals surface area contributed by atoms with Crippen molar-refractivity contribution in [3.63, 3.8) is 0 Å². The number of urea groups is 1. The molecule has 1 saturated heterocycles. The zero-order valence-electron chi connectivity index (χ0n) is 11.7. The van der Waals surface area contributed by atoms with E-state index in [0.717, 1.165) is 24.9 Å². The van der Waals surface area contributed by atoms with E-state index in [1.54, 1.807) is 4.90 Å². The van der Waals surface area contributed by atoms with Crippen molar-refractivity contribution >= 4 is 17.7 Å². The van der Waals surface area contributed by atoms with Crippen molar-refractivity contribution in [1.29, 1.82) is 0 Å². The van der Waals surface area contributed by atoms with Crippen LogP contribution in [0, 0.1) is 0 Å². The second kappa shape index (κ2) is 6.93. The number of para-hydroxylation sites is 1. The van der Waals surface area contributed by atoms with Crippen molar-refractivity contribution in [3.05, 3.63) is 30.3 Å². The van der Waals surface area contributed by atoms with Crippen molar-refractivity contribution in [2.45, 2.75) is 31.7 Å². The van der Waals surface area contributed by atoms with Gasteiger partial charge < -0.3 is 15.0 Å². The van der Waals surface area contributed by atoms with Gasteiger partial charge in [0.2, 0.25) is 0 Å². The molecule has 1 aliphatic rings. The summed E-state index contributed by atoms with van der Waals surface area (Å²) in [4.78, 5) is 25.5. The number of ether oxygens (including phenoxy) is 1. The van der Waals surface area contributed by atoms with E-state index in [1.165, 1.54) is 7.11 Å². The predicted molar refractivity (Wildman–Crippen MR) is 76.4 cm³/mol. The van der Waals surface area contributed by atoms with Gasteiger partial charge in [-0.25, -0.2) is 4.79 Å². The van der Waals surface area contributed by atoms with Crippen LogP contribution in [0.4, 0.5) is 10.5 Å². The molecule has 0 aromatic heterocycles. The monoisotopic (exact) mass is 276 g/mol. The molecule has 5 heteroatoms. The number of anilines is 1. The summed E-state index contributed by atoms with van der Waals surface area (Å²) in [6.45, 7) is 0.681. The Balaban J connectivity index is 2.00. The standard InChI is InChI=1S/C15H20N2O3/c1-20-14(18)11-13-9-5-6-10-17(13)15(19)16-12-7-3-2-4-8-12/h2-4,7-8,13H,5-6,9-11H2,1H3,(H,16,19). The number of amides is 2. The summed E-state index contributed by atoms with van der Waals surface area (Å²) in [6.07, 6.45) is 3.12. The molecule has 1 heterocycles. The summed E-state index contributed by atoms with van der Waals surface area (Å²) < 4.78 is 4.70. The SMILES string of the molecule is COC(=O)CC1CCCCN1C(=O)Nc1ccccc1. The van der Waals surface area contributed by atoms with E-state index in [0.29, 0.717) is 6.54 Å². The quantitative estimate of drug-likeness (QED) is 0.863. The lowest BCUT2D eigenvalue weighted by atomic mass is 10.00. The van der Waals surface area contributed by atoms with E-state index in [9.17, 15) is 9.59 Å². The number of hydrogen-bond donors (Lipinski definition) is 1. The van der Waals surface area contributed by atoms with E-state index in [2.05, 4.69) is 5.32 Å². The van der Waals surface area contributed by atoms with Crippen LogP contribution in [0.5, 0.6) is 0 Å². The van der Waals surface area contributed by atoms with Crippen LogP contribution in [0.1, 0.15) is 25.7 Å². The molecular weight excluding hydrogens is 256 g/mol. The molecule has 0 aliphatic carbocycles. The van der Waals surface area contributed by atoms with E-state index in [1.807, 2.05) is 30.3 Å². The Hall–Kier alpha value is -2.04. The first-order chi connectivity index (χ1) is 9.70. The van der Waals surface area contributed by atoms with Crippen molar-refractivity contribution < 1.29 is 14.3 Å². The highest BCUT2D eigenvalue weighted by atomic mass is 16.5. The van der Waals surface area contributed by atoms with E-state index >= 15 is 0 Å². The third-order valence-corrected chi connectivity index (χ3v) is 3.54. The zero-order valence-corrected chi connectivity index (χ0v) is 11.7. The molecule has 0 spiro atoms. The third-order valence-electron chi connectivity index (χ3n) is 3.54. The summed E-state index contributed by atoms with van der Waals surface area (Å²) in [5.74, 6) is -0.269. The number of benzene rings is 1. The summed E-state index contributed by atoms with van der Waals surface area (Å²) in [5.41, 5.74) is 0.764. The van der Waals surface area contributed by atoms with Crippen molar-refractivity contribution in [3.8, 4) is 0 Å². The average molecular weight is 276 g/mol. The summed E-state index contributed by atoms with van der Waals surface area (Å²) in [5, 5.41) is 2.87. The normalized spacial score (nSPS) is 18.4. The Morgan fingerprint density at radius 3 is 2.75 bits per heavy atom. The molecule has 1 aliphatic heterocycles. The van der Waals surface area contributed by atoms with Gasteiger partial charge in [0, 0.05) is 18.3 Å². The lowest BCUT2D eigenvalue weighted by molar-refractivity contribution is -0.142. The molecule has 1 unspecified atom stereocenters. The van der Waals surface area contributed by atoms with Crippen LogP contribution in [0.2, 0.25) is 0 Å². The smallest absolute Gasteiger partial charge is 0.322 e. The van der Waals surface area contributed by atoms with Crippen LogP contribution >= 0.6 is 0 Å². The van der Waals surface area contributed by atoms with E-state index in [4.69, 9.17) is 4.74 Å². The Morgan fingerprint density at radius 1 is 1.30 bits per heavy atom. The minimum atomic E-state index is -0.269. The van der Waals surface area contributed by atoms with E-state index < -0.39 is 0 Å². The molecule has 2 rings (SSSR count). The topological polar surface area (TPSA) is 58.6 Å². The Morgan fingerprint density at radius 2 is 2.05 bits per heavy atom. The number of carbonyl (C=O) groups is 2. The average Bonchev–Trinajstić information content (AvgIpc) is 2.48. The number of methoxy groups -OCH3 is 1. The fourth-order valence-corrected chi connectivity index (χ4v) is 2.47. The second-order valence-corrected chi connectivity index (χ2v) is 4.92. The lowest BCUT2D eigenvalue weighted by Gasteiger charge is -2.35. The number of hydrogen-bond acceptors (Lipinski definition) is 3. The van der Waals surface area contributed by atoms with Gasteiger partial charge in [0.25, 0.3) is 0 Å². The molecule has 2 amide bonds. The first kappa shape index (κ1) is 14.4. The highest BCUT2D eigenvalue weighted by Gasteiger charge is 2.28. The van der Waals surface area contributed by atoms with Gasteiger partial charge in [-0.15, -0.1) is 0 Å². The van der Waals surface area contributed by atoms with Gasteiger partial charge in [-0.1, -0.05) is 18.2 Å². The number of carbonyl (C=O) groups excluding carboxylic acids is 2. The Labute approximate surface area is 118 Å². The molecule has 1 aromatic carbocycles. The molecule has 0 saturated carbocycles. The number of likely N-dealkylation sites (tertiary alicyclic amines) is 1. The van der Waals surface area contributed by atoms with Crippen LogP contribution in [0.15, 0.2) is 30.3 Å². The van der Waals surface area contributed by atoms with Gasteiger partial charge in [0.1, 0.15) is 0 Å². The first-order valence-corrected chi connectivity index (χ1v) is 6.90. The van der Waals surface area contributed by atoms with Crippen LogP contribution in [-0.4, -0.2) is 36.6 Å². The largest absolute Gasteiger partial charge is 0.469 e. The minimum Gasteiger partial charge on any atom is -0.469 e. The maximum atomic E-state index is 12.3. The molecule has 0 radical (unpaired) electrons. The van der Waals surface area contributed by atoms with Crippen molar-refractivity contribution in [2.75, 3.05) is 19.0 Å². The van der Waals surface area contributed by atoms with Crippen LogP contribution in [0.25, 0.3) is 0 Å². The van der Waals surface area contributed by atoms with E-state index in [-0.39, 0.29) is 24.5 Å². The van der Waals surface area contributed by atoms with Crippen molar-refractivity contribution in [2.24, 2.45) is 0 Å². The molecule has 20 heavy (non-hydrogen) atoms. The predicted octanol–water partition coefficient (Wildman–Crippen LogP) is 2.64. The second-order valence-electron chi connectivity index (χ2n) is 4.92. The summed E-state index contributed by atoms with van der Waals surface area (Å²) in [6, 6.07) is 9.12. The van der Waals surface area contributed by atoms with Gasteiger partial charge >= 0.3 is 12.0 Å². The van der Waals surface area contributed by atoms with Gasteiger partial charge in [0.15, 0.2) is 0 Å². The fraction of sp³-hybridized carbons (Fsp3) is 0.467. The molecule has 1 atom stereocenters. The Kier molecular flexibility index (Phi) is 4.98. The van der Waals surface area contributed by atoms with Crippen LogP contribution in [-0.2, 0) is 9.53 Å². The minimum absolute atomic E-state index is 0.0695. The molecular formula is C15H20N2O3. The molecule has 108 valence electrons. The molecule has 1 fully saturated rings. The fourth-order valence-electron chi connectivity index (χ4n) is 2.47. The van der Waals surface area contributed by atoms with Crippen LogP contribution < -0.4 is 5.32 Å². The van der Waals surface area contributed by atoms with Gasteiger partial charge in [0.05, 0.1) is 13.5 Å². The highest BCUT2D eigenvalue weighted by Crippen LogP contribution is 2.21. The molecule has 1 N–H and O–H groups in total. The number of esters is 1. The highest BCUT2D eigenvalue weighted by molar-refractivity contribution is 5.89. The molecule has 5 nitrogen and oxygen atoms in total.